The lowest BCUT2D eigenvalue weighted by atomic mass is 10.2. The van der Waals surface area contributed by atoms with E-state index in [1.54, 1.807) is 30.3 Å². The number of nitrogens with two attached hydrogens (primary N) is 1. The zero-order valence-corrected chi connectivity index (χ0v) is 10.4. The summed E-state index contributed by atoms with van der Waals surface area (Å²) in [7, 11) is 0. The first kappa shape index (κ1) is 13.8. The second-order valence-electron chi connectivity index (χ2n) is 3.98. The summed E-state index contributed by atoms with van der Waals surface area (Å²) in [6.07, 6.45) is 0. The van der Waals surface area contributed by atoms with Gasteiger partial charge in [0.2, 0.25) is 0 Å². The van der Waals surface area contributed by atoms with Crippen LogP contribution in [-0.4, -0.2) is 12.5 Å². The minimum absolute atomic E-state index is 0.0584. The highest BCUT2D eigenvalue weighted by molar-refractivity contribution is 5.95. The highest BCUT2D eigenvalue weighted by atomic mass is 19.2. The molecule has 2 aromatic rings. The molecule has 0 saturated carbocycles. The van der Waals surface area contributed by atoms with Crippen LogP contribution in [0.25, 0.3) is 0 Å². The molecule has 0 unspecified atom stereocenters. The summed E-state index contributed by atoms with van der Waals surface area (Å²) < 4.78 is 31.7. The van der Waals surface area contributed by atoms with Crippen LogP contribution in [0.15, 0.2) is 42.5 Å². The zero-order valence-electron chi connectivity index (χ0n) is 10.4. The van der Waals surface area contributed by atoms with Crippen LogP contribution in [0.5, 0.6) is 5.75 Å². The van der Waals surface area contributed by atoms with E-state index in [1.165, 1.54) is 6.07 Å². The third-order valence-electron chi connectivity index (χ3n) is 2.50. The molecule has 0 aliphatic carbocycles. The molecule has 1 amide bonds. The number of anilines is 2. The number of halogens is 2. The molecule has 2 rings (SSSR count). The molecule has 0 aliphatic heterocycles. The number of para-hydroxylation sites is 1. The minimum Gasteiger partial charge on any atom is -0.484 e. The second-order valence-corrected chi connectivity index (χ2v) is 3.98. The van der Waals surface area contributed by atoms with Crippen molar-refractivity contribution in [2.75, 3.05) is 17.7 Å². The topological polar surface area (TPSA) is 64.3 Å². The van der Waals surface area contributed by atoms with Gasteiger partial charge in [0.1, 0.15) is 11.4 Å². The van der Waals surface area contributed by atoms with Gasteiger partial charge in [-0.3, -0.25) is 4.79 Å². The molecule has 6 heteroatoms. The smallest absolute Gasteiger partial charge is 0.262 e. The van der Waals surface area contributed by atoms with E-state index in [2.05, 4.69) is 5.32 Å². The maximum absolute atomic E-state index is 13.5. The first-order chi connectivity index (χ1) is 9.58. The lowest BCUT2D eigenvalue weighted by Gasteiger charge is -2.10. The van der Waals surface area contributed by atoms with Crippen molar-refractivity contribution in [3.63, 3.8) is 0 Å². The van der Waals surface area contributed by atoms with Gasteiger partial charge in [-0.2, -0.15) is 0 Å². The fraction of sp³-hybridized carbons (Fsp3) is 0.0714. The Morgan fingerprint density at radius 2 is 1.85 bits per heavy atom. The van der Waals surface area contributed by atoms with E-state index in [0.717, 1.165) is 6.07 Å². The molecule has 0 radical (unpaired) electrons. The van der Waals surface area contributed by atoms with Gasteiger partial charge in [0.05, 0.1) is 5.69 Å². The van der Waals surface area contributed by atoms with Crippen LogP contribution in [0.1, 0.15) is 0 Å². The fourth-order valence-corrected chi connectivity index (χ4v) is 1.53. The maximum Gasteiger partial charge on any atom is 0.262 e. The van der Waals surface area contributed by atoms with E-state index >= 15 is 0 Å². The molecule has 0 aromatic heterocycles. The Hall–Kier alpha value is -2.63. The summed E-state index contributed by atoms with van der Waals surface area (Å²) in [5, 5.41) is 2.19. The second kappa shape index (κ2) is 6.01. The molecule has 2 aromatic carbocycles. The molecule has 0 fully saturated rings. The Labute approximate surface area is 114 Å². The Balaban J connectivity index is 2.00. The monoisotopic (exact) mass is 278 g/mol. The number of rotatable bonds is 4. The molecular formula is C14H12F2N2O2. The highest BCUT2D eigenvalue weighted by Gasteiger charge is 2.14. The molecule has 0 spiro atoms. The predicted molar refractivity (Wildman–Crippen MR) is 71.3 cm³/mol. The van der Waals surface area contributed by atoms with Crippen molar-refractivity contribution in [3.05, 3.63) is 54.1 Å². The molecule has 3 N–H and O–H groups in total. The van der Waals surface area contributed by atoms with Gasteiger partial charge in [0, 0.05) is 0 Å². The van der Waals surface area contributed by atoms with E-state index in [9.17, 15) is 13.6 Å². The molecule has 20 heavy (non-hydrogen) atoms. The summed E-state index contributed by atoms with van der Waals surface area (Å²) >= 11 is 0. The van der Waals surface area contributed by atoms with Gasteiger partial charge in [-0.15, -0.1) is 0 Å². The zero-order chi connectivity index (χ0) is 14.5. The van der Waals surface area contributed by atoms with E-state index in [4.69, 9.17) is 10.5 Å². The van der Waals surface area contributed by atoms with E-state index < -0.39 is 17.5 Å². The lowest BCUT2D eigenvalue weighted by molar-refractivity contribution is -0.118. The SMILES string of the molecule is Nc1ccc(F)c(F)c1NC(=O)COc1ccccc1. The van der Waals surface area contributed by atoms with Crippen molar-refractivity contribution < 1.29 is 18.3 Å². The number of amides is 1. The summed E-state index contributed by atoms with van der Waals surface area (Å²) in [5.41, 5.74) is 5.04. The normalized spacial score (nSPS) is 10.1. The third-order valence-corrected chi connectivity index (χ3v) is 2.50. The van der Waals surface area contributed by atoms with E-state index in [1.807, 2.05) is 0 Å². The standard InChI is InChI=1S/C14H12F2N2O2/c15-10-6-7-11(17)14(13(10)16)18-12(19)8-20-9-4-2-1-3-5-9/h1-7H,8,17H2,(H,18,19). The van der Waals surface area contributed by atoms with Gasteiger partial charge >= 0.3 is 0 Å². The molecule has 4 nitrogen and oxygen atoms in total. The van der Waals surface area contributed by atoms with Crippen LogP contribution in [0.3, 0.4) is 0 Å². The Morgan fingerprint density at radius 3 is 2.55 bits per heavy atom. The van der Waals surface area contributed by atoms with Gasteiger partial charge in [-0.25, -0.2) is 8.78 Å². The van der Waals surface area contributed by atoms with Crippen LogP contribution in [0.2, 0.25) is 0 Å². The first-order valence-corrected chi connectivity index (χ1v) is 5.79. The maximum atomic E-state index is 13.5. The number of ether oxygens (including phenoxy) is 1. The Morgan fingerprint density at radius 1 is 1.15 bits per heavy atom. The molecule has 0 aliphatic rings. The Bertz CT molecular complexity index is 618. The lowest BCUT2D eigenvalue weighted by Crippen LogP contribution is -2.21. The summed E-state index contributed by atoms with van der Waals surface area (Å²) in [6.45, 7) is -0.334. The van der Waals surface area contributed by atoms with Gasteiger partial charge in [0.15, 0.2) is 18.2 Å². The molecule has 0 atom stereocenters. The number of hydrogen-bond acceptors (Lipinski definition) is 3. The number of hydrogen-bond donors (Lipinski definition) is 2. The van der Waals surface area contributed by atoms with Crippen molar-refractivity contribution >= 4 is 17.3 Å². The average molecular weight is 278 g/mol. The molecule has 104 valence electrons. The number of carbonyl (C=O) groups is 1. The van der Waals surface area contributed by atoms with E-state index in [-0.39, 0.29) is 18.0 Å². The van der Waals surface area contributed by atoms with Crippen LogP contribution < -0.4 is 15.8 Å². The summed E-state index contributed by atoms with van der Waals surface area (Å²) in [6, 6.07) is 10.7. The van der Waals surface area contributed by atoms with Gasteiger partial charge in [-0.1, -0.05) is 18.2 Å². The van der Waals surface area contributed by atoms with Crippen LogP contribution in [0.4, 0.5) is 20.2 Å². The number of nitrogens with one attached hydrogen (secondary N) is 1. The average Bonchev–Trinajstić information content (AvgIpc) is 2.46. The largest absolute Gasteiger partial charge is 0.484 e. The van der Waals surface area contributed by atoms with Crippen molar-refractivity contribution in [3.8, 4) is 5.75 Å². The van der Waals surface area contributed by atoms with E-state index in [0.29, 0.717) is 5.75 Å². The predicted octanol–water partition coefficient (Wildman–Crippen LogP) is 2.56. The molecular weight excluding hydrogens is 266 g/mol. The van der Waals surface area contributed by atoms with Crippen molar-refractivity contribution in [1.82, 2.24) is 0 Å². The van der Waals surface area contributed by atoms with Crippen LogP contribution in [0, 0.1) is 11.6 Å². The van der Waals surface area contributed by atoms with Crippen molar-refractivity contribution in [1.29, 1.82) is 0 Å². The third kappa shape index (κ3) is 3.23. The highest BCUT2D eigenvalue weighted by Crippen LogP contribution is 2.24. The fourth-order valence-electron chi connectivity index (χ4n) is 1.53. The molecule has 0 bridgehead atoms. The van der Waals surface area contributed by atoms with Gasteiger partial charge in [0.25, 0.3) is 5.91 Å². The Kier molecular flexibility index (Phi) is 4.14. The van der Waals surface area contributed by atoms with Crippen molar-refractivity contribution in [2.45, 2.75) is 0 Å². The van der Waals surface area contributed by atoms with Gasteiger partial charge < -0.3 is 15.8 Å². The quantitative estimate of drug-likeness (QED) is 0.845. The van der Waals surface area contributed by atoms with Crippen LogP contribution >= 0.6 is 0 Å². The minimum atomic E-state index is -1.20. The molecule has 0 saturated heterocycles. The summed E-state index contributed by atoms with van der Waals surface area (Å²) in [4.78, 5) is 11.6. The van der Waals surface area contributed by atoms with Gasteiger partial charge in [-0.05, 0) is 24.3 Å². The number of benzene rings is 2. The number of carbonyl (C=O) groups excluding carboxylic acids is 1. The first-order valence-electron chi connectivity index (χ1n) is 5.79. The van der Waals surface area contributed by atoms with Crippen molar-refractivity contribution in [2.24, 2.45) is 0 Å². The number of nitrogen functional groups attached to an aromatic ring is 1. The van der Waals surface area contributed by atoms with Crippen LogP contribution in [-0.2, 0) is 4.79 Å². The molecule has 0 heterocycles. The summed E-state index contributed by atoms with van der Waals surface area (Å²) in [5.74, 6) is -2.42.